The van der Waals surface area contributed by atoms with Gasteiger partial charge in [-0.25, -0.2) is 9.59 Å². The Balaban J connectivity index is 4.45. The number of nitriles is 1. The third-order valence-electron chi connectivity index (χ3n) is 2.54. The van der Waals surface area contributed by atoms with E-state index in [0.29, 0.717) is 19.3 Å². The van der Waals surface area contributed by atoms with Gasteiger partial charge in [0.25, 0.3) is 0 Å². The molecule has 1 atom stereocenters. The second-order valence-electron chi connectivity index (χ2n) is 5.80. The molecule has 0 aromatic carbocycles. The van der Waals surface area contributed by atoms with E-state index in [2.05, 4.69) is 16.0 Å². The van der Waals surface area contributed by atoms with Gasteiger partial charge in [0.05, 0.1) is 6.07 Å². The molecule has 0 bridgehead atoms. The van der Waals surface area contributed by atoms with Crippen molar-refractivity contribution >= 4 is 18.1 Å². The summed E-state index contributed by atoms with van der Waals surface area (Å²) in [5.41, 5.74) is -0.691. The van der Waals surface area contributed by atoms with Crippen LogP contribution in [0, 0.1) is 11.3 Å². The number of hydrogen-bond donors (Lipinski definition) is 4. The Kier molecular flexibility index (Phi) is 9.15. The van der Waals surface area contributed by atoms with E-state index in [4.69, 9.17) is 15.1 Å². The zero-order chi connectivity index (χ0) is 17.9. The quantitative estimate of drug-likeness (QED) is 0.386. The van der Waals surface area contributed by atoms with Crippen LogP contribution in [0.25, 0.3) is 0 Å². The lowest BCUT2D eigenvalue weighted by atomic mass is 10.1. The lowest BCUT2D eigenvalue weighted by molar-refractivity contribution is -0.123. The Morgan fingerprint density at radius 1 is 1.22 bits per heavy atom. The Hall–Kier alpha value is -2.50. The van der Waals surface area contributed by atoms with E-state index >= 15 is 0 Å². The molecule has 130 valence electrons. The zero-order valence-electron chi connectivity index (χ0n) is 13.6. The maximum atomic E-state index is 11.9. The largest absolute Gasteiger partial charge is 0.465 e. The molecule has 0 aliphatic carbocycles. The number of unbranched alkanes of at least 4 members (excludes halogenated alkanes) is 1. The summed E-state index contributed by atoms with van der Waals surface area (Å²) < 4.78 is 5.10. The molecular formula is C14H24N4O5. The fourth-order valence-corrected chi connectivity index (χ4v) is 1.64. The summed E-state index contributed by atoms with van der Waals surface area (Å²) in [7, 11) is 0. The molecule has 0 fully saturated rings. The minimum atomic E-state index is -1.11. The lowest BCUT2D eigenvalue weighted by Gasteiger charge is -2.23. The van der Waals surface area contributed by atoms with Crippen LogP contribution in [0.4, 0.5) is 9.59 Å². The van der Waals surface area contributed by atoms with Gasteiger partial charge < -0.3 is 25.8 Å². The van der Waals surface area contributed by atoms with E-state index in [-0.39, 0.29) is 13.1 Å². The van der Waals surface area contributed by atoms with E-state index in [1.165, 1.54) is 0 Å². The summed E-state index contributed by atoms with van der Waals surface area (Å²) in [6.45, 7) is 5.21. The Bertz CT molecular complexity index is 453. The minimum Gasteiger partial charge on any atom is -0.465 e. The molecule has 0 aliphatic heterocycles. The van der Waals surface area contributed by atoms with Crippen LogP contribution in [0.5, 0.6) is 0 Å². The number of hydrogen-bond acceptors (Lipinski definition) is 5. The van der Waals surface area contributed by atoms with Crippen molar-refractivity contribution in [3.05, 3.63) is 0 Å². The monoisotopic (exact) mass is 328 g/mol. The van der Waals surface area contributed by atoms with Crippen LogP contribution in [-0.2, 0) is 9.53 Å². The van der Waals surface area contributed by atoms with Gasteiger partial charge in [-0.1, -0.05) is 0 Å². The van der Waals surface area contributed by atoms with Crippen molar-refractivity contribution in [3.8, 4) is 6.07 Å². The van der Waals surface area contributed by atoms with Crippen molar-refractivity contribution in [1.82, 2.24) is 16.0 Å². The van der Waals surface area contributed by atoms with Crippen molar-refractivity contribution in [2.24, 2.45) is 0 Å². The number of nitrogens with zero attached hydrogens (tertiary/aromatic N) is 1. The number of carboxylic acid groups (broad SMARTS) is 1. The Morgan fingerprint density at radius 3 is 2.39 bits per heavy atom. The highest BCUT2D eigenvalue weighted by Gasteiger charge is 2.23. The van der Waals surface area contributed by atoms with Gasteiger partial charge in [0, 0.05) is 6.54 Å². The molecule has 0 rings (SSSR count). The number of nitrogens with one attached hydrogen (secondary N) is 3. The first-order chi connectivity index (χ1) is 10.7. The van der Waals surface area contributed by atoms with Crippen molar-refractivity contribution in [1.29, 1.82) is 5.26 Å². The average molecular weight is 328 g/mol. The summed E-state index contributed by atoms with van der Waals surface area (Å²) in [4.78, 5) is 34.0. The van der Waals surface area contributed by atoms with Crippen molar-refractivity contribution in [3.63, 3.8) is 0 Å². The first kappa shape index (κ1) is 20.5. The SMILES string of the molecule is CC(C)(C)OC(=O)N[C@@H](CCCCNC(=O)O)C(=O)NCC#N. The fourth-order valence-electron chi connectivity index (χ4n) is 1.64. The first-order valence-electron chi connectivity index (χ1n) is 7.26. The van der Waals surface area contributed by atoms with Crippen LogP contribution in [0.1, 0.15) is 40.0 Å². The molecule has 23 heavy (non-hydrogen) atoms. The van der Waals surface area contributed by atoms with Crippen LogP contribution in [0.2, 0.25) is 0 Å². The molecule has 0 aromatic heterocycles. The molecule has 9 heteroatoms. The highest BCUT2D eigenvalue weighted by atomic mass is 16.6. The number of amides is 3. The molecule has 0 radical (unpaired) electrons. The molecule has 9 nitrogen and oxygen atoms in total. The van der Waals surface area contributed by atoms with Crippen LogP contribution in [-0.4, -0.2) is 47.9 Å². The molecule has 0 saturated carbocycles. The van der Waals surface area contributed by atoms with Gasteiger partial charge in [-0.3, -0.25) is 4.79 Å². The molecular weight excluding hydrogens is 304 g/mol. The van der Waals surface area contributed by atoms with Gasteiger partial charge in [-0.2, -0.15) is 5.26 Å². The summed E-state index contributed by atoms with van der Waals surface area (Å²) >= 11 is 0. The maximum absolute atomic E-state index is 11.9. The predicted molar refractivity (Wildman–Crippen MR) is 81.7 cm³/mol. The number of ether oxygens (including phenoxy) is 1. The third-order valence-corrected chi connectivity index (χ3v) is 2.54. The Morgan fingerprint density at radius 2 is 1.87 bits per heavy atom. The predicted octanol–water partition coefficient (Wildman–Crippen LogP) is 0.957. The molecule has 0 aliphatic rings. The van der Waals surface area contributed by atoms with E-state index in [1.54, 1.807) is 26.8 Å². The highest BCUT2D eigenvalue weighted by Crippen LogP contribution is 2.08. The van der Waals surface area contributed by atoms with Crippen LogP contribution in [0.15, 0.2) is 0 Å². The zero-order valence-corrected chi connectivity index (χ0v) is 13.6. The van der Waals surface area contributed by atoms with E-state index < -0.39 is 29.7 Å². The third kappa shape index (κ3) is 11.8. The number of alkyl carbamates (subject to hydrolysis) is 1. The van der Waals surface area contributed by atoms with Crippen molar-refractivity contribution < 1.29 is 24.2 Å². The molecule has 0 unspecified atom stereocenters. The molecule has 4 N–H and O–H groups in total. The summed E-state index contributed by atoms with van der Waals surface area (Å²) in [6.07, 6.45) is -0.499. The van der Waals surface area contributed by atoms with Gasteiger partial charge in [0.1, 0.15) is 18.2 Å². The van der Waals surface area contributed by atoms with E-state index in [1.807, 2.05) is 0 Å². The second-order valence-corrected chi connectivity index (χ2v) is 5.80. The minimum absolute atomic E-state index is 0.161. The molecule has 3 amide bonds. The summed E-state index contributed by atoms with van der Waals surface area (Å²) in [5.74, 6) is -0.483. The first-order valence-corrected chi connectivity index (χ1v) is 7.26. The Labute approximate surface area is 135 Å². The molecule has 0 heterocycles. The number of rotatable bonds is 8. The van der Waals surface area contributed by atoms with E-state index in [9.17, 15) is 14.4 Å². The standard InChI is InChI=1S/C14H24N4O5/c1-14(2,3)23-13(22)18-10(11(19)16-9-7-15)6-4-5-8-17-12(20)21/h10,17H,4-6,8-9H2,1-3H3,(H,16,19)(H,18,22)(H,20,21)/t10-/m0/s1. The van der Waals surface area contributed by atoms with Gasteiger partial charge in [-0.15, -0.1) is 0 Å². The summed E-state index contributed by atoms with van der Waals surface area (Å²) in [5, 5.41) is 24.0. The van der Waals surface area contributed by atoms with Gasteiger partial charge in [0.2, 0.25) is 5.91 Å². The number of carbonyl (C=O) groups excluding carboxylic acids is 2. The lowest BCUT2D eigenvalue weighted by Crippen LogP contribution is -2.48. The van der Waals surface area contributed by atoms with Gasteiger partial charge in [-0.05, 0) is 40.0 Å². The normalized spacial score (nSPS) is 11.7. The second kappa shape index (κ2) is 10.3. The molecule has 0 saturated heterocycles. The van der Waals surface area contributed by atoms with Gasteiger partial charge >= 0.3 is 12.2 Å². The van der Waals surface area contributed by atoms with Crippen LogP contribution >= 0.6 is 0 Å². The van der Waals surface area contributed by atoms with Crippen LogP contribution in [0.3, 0.4) is 0 Å². The van der Waals surface area contributed by atoms with Crippen LogP contribution < -0.4 is 16.0 Å². The maximum Gasteiger partial charge on any atom is 0.408 e. The fraction of sp³-hybridized carbons (Fsp3) is 0.714. The molecule has 0 spiro atoms. The molecule has 0 aromatic rings. The highest BCUT2D eigenvalue weighted by molar-refractivity contribution is 5.85. The topological polar surface area (TPSA) is 141 Å². The average Bonchev–Trinajstić information content (AvgIpc) is 2.40. The van der Waals surface area contributed by atoms with Crippen molar-refractivity contribution in [2.45, 2.75) is 51.7 Å². The van der Waals surface area contributed by atoms with E-state index in [0.717, 1.165) is 0 Å². The smallest absolute Gasteiger partial charge is 0.408 e. The van der Waals surface area contributed by atoms with Gasteiger partial charge in [0.15, 0.2) is 0 Å². The summed E-state index contributed by atoms with van der Waals surface area (Å²) in [6, 6.07) is 0.938. The van der Waals surface area contributed by atoms with Crippen molar-refractivity contribution in [2.75, 3.05) is 13.1 Å². The number of carbonyl (C=O) groups is 3.